The number of benzene rings is 1. The fraction of sp³-hybridized carbons (Fsp3) is 0.625. The molecule has 0 aromatic heterocycles. The van der Waals surface area contributed by atoms with Crippen molar-refractivity contribution in [1.29, 1.82) is 0 Å². The number of hydrogen-bond acceptors (Lipinski definition) is 2. The third-order valence-electron chi connectivity index (χ3n) is 4.08. The number of nitrogen functional groups attached to an aromatic ring is 1. The van der Waals surface area contributed by atoms with Crippen LogP contribution in [0.2, 0.25) is 0 Å². The predicted octanol–water partition coefficient (Wildman–Crippen LogP) is 3.32. The molecule has 1 aliphatic carbocycles. The zero-order chi connectivity index (χ0) is 13.2. The normalized spacial score (nSPS) is 23.1. The smallest absolute Gasteiger partial charge is 0.0314 e. The van der Waals surface area contributed by atoms with Crippen LogP contribution in [0.15, 0.2) is 24.3 Å². The molecule has 1 aromatic rings. The van der Waals surface area contributed by atoms with Crippen molar-refractivity contribution in [3.05, 3.63) is 29.8 Å². The molecule has 2 unspecified atom stereocenters. The molecule has 1 aromatic carbocycles. The van der Waals surface area contributed by atoms with Gasteiger partial charge in [0.2, 0.25) is 0 Å². The Balaban J connectivity index is 1.86. The molecule has 2 nitrogen and oxygen atoms in total. The van der Waals surface area contributed by atoms with Crippen LogP contribution < -0.4 is 11.1 Å². The minimum atomic E-state index is 0.174. The van der Waals surface area contributed by atoms with E-state index in [2.05, 4.69) is 38.2 Å². The quantitative estimate of drug-likeness (QED) is 0.756. The lowest BCUT2D eigenvalue weighted by molar-refractivity contribution is 0.455. The topological polar surface area (TPSA) is 38.0 Å². The van der Waals surface area contributed by atoms with E-state index >= 15 is 0 Å². The lowest BCUT2D eigenvalue weighted by atomic mass is 9.84. The highest BCUT2D eigenvalue weighted by atomic mass is 15.0. The number of anilines is 1. The summed E-state index contributed by atoms with van der Waals surface area (Å²) in [7, 11) is 0. The van der Waals surface area contributed by atoms with Crippen LogP contribution in [0.5, 0.6) is 0 Å². The molecule has 3 N–H and O–H groups in total. The van der Waals surface area contributed by atoms with E-state index in [1.165, 1.54) is 24.8 Å². The first-order valence-corrected chi connectivity index (χ1v) is 7.12. The molecule has 1 aliphatic rings. The van der Waals surface area contributed by atoms with Gasteiger partial charge in [0, 0.05) is 23.7 Å². The molecule has 0 heterocycles. The Morgan fingerprint density at radius 1 is 1.28 bits per heavy atom. The van der Waals surface area contributed by atoms with E-state index in [4.69, 9.17) is 5.73 Å². The Bertz CT molecular complexity index is 381. The van der Waals surface area contributed by atoms with Crippen LogP contribution in [0.25, 0.3) is 0 Å². The predicted molar refractivity (Wildman–Crippen MR) is 78.7 cm³/mol. The highest BCUT2D eigenvalue weighted by Crippen LogP contribution is 2.35. The highest BCUT2D eigenvalue weighted by molar-refractivity contribution is 5.41. The molecule has 18 heavy (non-hydrogen) atoms. The molecule has 2 rings (SSSR count). The Kier molecular flexibility index (Phi) is 3.96. The standard InChI is InChI=1S/C16H26N2/c1-4-5-12-10-15(12)18-11-16(2,3)13-6-8-14(17)9-7-13/h6-9,12,15,18H,4-5,10-11,17H2,1-3H3. The number of rotatable bonds is 6. The van der Waals surface area contributed by atoms with E-state index in [1.54, 1.807) is 0 Å². The van der Waals surface area contributed by atoms with Crippen molar-refractivity contribution in [3.8, 4) is 0 Å². The first-order valence-electron chi connectivity index (χ1n) is 7.12. The van der Waals surface area contributed by atoms with E-state index < -0.39 is 0 Å². The van der Waals surface area contributed by atoms with Crippen LogP contribution in [-0.4, -0.2) is 12.6 Å². The maximum Gasteiger partial charge on any atom is 0.0314 e. The molecule has 2 atom stereocenters. The number of nitrogens with two attached hydrogens (primary N) is 1. The Morgan fingerprint density at radius 2 is 1.94 bits per heavy atom. The molecule has 100 valence electrons. The van der Waals surface area contributed by atoms with E-state index in [0.717, 1.165) is 24.2 Å². The van der Waals surface area contributed by atoms with Gasteiger partial charge in [-0.3, -0.25) is 0 Å². The summed E-state index contributed by atoms with van der Waals surface area (Å²) in [6, 6.07) is 9.04. The van der Waals surface area contributed by atoms with Crippen molar-refractivity contribution in [2.24, 2.45) is 5.92 Å². The largest absolute Gasteiger partial charge is 0.399 e. The van der Waals surface area contributed by atoms with Crippen LogP contribution in [0.3, 0.4) is 0 Å². The number of hydrogen-bond donors (Lipinski definition) is 2. The monoisotopic (exact) mass is 246 g/mol. The fourth-order valence-electron chi connectivity index (χ4n) is 2.61. The van der Waals surface area contributed by atoms with E-state index in [-0.39, 0.29) is 5.41 Å². The third kappa shape index (κ3) is 3.26. The third-order valence-corrected chi connectivity index (χ3v) is 4.08. The first-order chi connectivity index (χ1) is 8.53. The van der Waals surface area contributed by atoms with Gasteiger partial charge in [0.15, 0.2) is 0 Å². The lowest BCUT2D eigenvalue weighted by Gasteiger charge is -2.26. The van der Waals surface area contributed by atoms with Gasteiger partial charge in [-0.05, 0) is 36.5 Å². The van der Waals surface area contributed by atoms with Gasteiger partial charge in [-0.1, -0.05) is 39.3 Å². The maximum atomic E-state index is 5.74. The molecular formula is C16H26N2. The molecule has 0 spiro atoms. The summed E-state index contributed by atoms with van der Waals surface area (Å²) in [5.74, 6) is 0.928. The van der Waals surface area contributed by atoms with Crippen LogP contribution in [0.1, 0.15) is 45.6 Å². The molecule has 2 heteroatoms. The second-order valence-electron chi connectivity index (χ2n) is 6.28. The summed E-state index contributed by atoms with van der Waals surface area (Å²) in [6.45, 7) is 7.90. The van der Waals surface area contributed by atoms with Gasteiger partial charge < -0.3 is 11.1 Å². The molecule has 0 radical (unpaired) electrons. The van der Waals surface area contributed by atoms with Crippen molar-refractivity contribution < 1.29 is 0 Å². The van der Waals surface area contributed by atoms with Crippen molar-refractivity contribution in [3.63, 3.8) is 0 Å². The Hall–Kier alpha value is -1.02. The molecule has 0 bridgehead atoms. The lowest BCUT2D eigenvalue weighted by Crippen LogP contribution is -2.34. The summed E-state index contributed by atoms with van der Waals surface area (Å²) in [6.07, 6.45) is 4.05. The molecule has 0 aliphatic heterocycles. The van der Waals surface area contributed by atoms with Crippen molar-refractivity contribution in [2.75, 3.05) is 12.3 Å². The molecule has 0 saturated heterocycles. The molecule has 0 amide bonds. The second kappa shape index (κ2) is 5.31. The van der Waals surface area contributed by atoms with Gasteiger partial charge in [-0.25, -0.2) is 0 Å². The van der Waals surface area contributed by atoms with Crippen LogP contribution in [-0.2, 0) is 5.41 Å². The second-order valence-corrected chi connectivity index (χ2v) is 6.28. The maximum absolute atomic E-state index is 5.74. The summed E-state index contributed by atoms with van der Waals surface area (Å²) in [5.41, 5.74) is 8.11. The first kappa shape index (κ1) is 13.4. The Labute approximate surface area is 111 Å². The SMILES string of the molecule is CCCC1CC1NCC(C)(C)c1ccc(N)cc1. The molecule has 1 fully saturated rings. The van der Waals surface area contributed by atoms with Gasteiger partial charge in [0.25, 0.3) is 0 Å². The van der Waals surface area contributed by atoms with E-state index in [1.807, 2.05) is 12.1 Å². The zero-order valence-electron chi connectivity index (χ0n) is 11.9. The van der Waals surface area contributed by atoms with E-state index in [9.17, 15) is 0 Å². The van der Waals surface area contributed by atoms with Crippen molar-refractivity contribution in [1.82, 2.24) is 5.32 Å². The zero-order valence-corrected chi connectivity index (χ0v) is 11.9. The van der Waals surface area contributed by atoms with Crippen LogP contribution >= 0.6 is 0 Å². The van der Waals surface area contributed by atoms with E-state index in [0.29, 0.717) is 0 Å². The molecular weight excluding hydrogens is 220 g/mol. The Morgan fingerprint density at radius 3 is 2.56 bits per heavy atom. The van der Waals surface area contributed by atoms with Crippen LogP contribution in [0, 0.1) is 5.92 Å². The van der Waals surface area contributed by atoms with Crippen molar-refractivity contribution >= 4 is 5.69 Å². The van der Waals surface area contributed by atoms with Gasteiger partial charge in [-0.2, -0.15) is 0 Å². The van der Waals surface area contributed by atoms with Gasteiger partial charge in [0.05, 0.1) is 0 Å². The van der Waals surface area contributed by atoms with Crippen LogP contribution in [0.4, 0.5) is 5.69 Å². The minimum absolute atomic E-state index is 0.174. The summed E-state index contributed by atoms with van der Waals surface area (Å²) < 4.78 is 0. The van der Waals surface area contributed by atoms with Gasteiger partial charge in [-0.15, -0.1) is 0 Å². The fourth-order valence-corrected chi connectivity index (χ4v) is 2.61. The average molecular weight is 246 g/mol. The minimum Gasteiger partial charge on any atom is -0.399 e. The van der Waals surface area contributed by atoms with Gasteiger partial charge >= 0.3 is 0 Å². The highest BCUT2D eigenvalue weighted by Gasteiger charge is 2.36. The summed E-state index contributed by atoms with van der Waals surface area (Å²) in [5, 5.41) is 3.71. The number of nitrogens with one attached hydrogen (secondary N) is 1. The summed E-state index contributed by atoms with van der Waals surface area (Å²) >= 11 is 0. The van der Waals surface area contributed by atoms with Gasteiger partial charge in [0.1, 0.15) is 0 Å². The van der Waals surface area contributed by atoms with Crippen molar-refractivity contribution in [2.45, 2.75) is 51.5 Å². The average Bonchev–Trinajstić information content (AvgIpc) is 3.06. The summed E-state index contributed by atoms with van der Waals surface area (Å²) in [4.78, 5) is 0. The molecule has 1 saturated carbocycles.